The highest BCUT2D eigenvalue weighted by atomic mass is 32.2. The molecule has 0 radical (unpaired) electrons. The molecule has 27 heavy (non-hydrogen) atoms. The maximum Gasteiger partial charge on any atom is 0.257 e. The maximum absolute atomic E-state index is 12.8. The molecule has 2 aromatic rings. The Morgan fingerprint density at radius 3 is 2.70 bits per heavy atom. The molecule has 1 aliphatic heterocycles. The van der Waals surface area contributed by atoms with Crippen molar-refractivity contribution in [1.82, 2.24) is 9.55 Å². The number of benzene rings is 1. The van der Waals surface area contributed by atoms with E-state index in [1.807, 2.05) is 26.0 Å². The van der Waals surface area contributed by atoms with E-state index in [1.165, 1.54) is 18.4 Å². The van der Waals surface area contributed by atoms with Gasteiger partial charge in [-0.15, -0.1) is 0 Å². The number of anilines is 1. The molecule has 144 valence electrons. The number of hydrogen-bond acceptors (Lipinski definition) is 4. The summed E-state index contributed by atoms with van der Waals surface area (Å²) < 4.78 is 1.71. The number of fused-ring (bicyclic) bond motifs is 1. The van der Waals surface area contributed by atoms with Crippen LogP contribution in [0.4, 0.5) is 5.69 Å². The topological polar surface area (TPSA) is 64.0 Å². The van der Waals surface area contributed by atoms with Crippen molar-refractivity contribution in [2.45, 2.75) is 64.1 Å². The summed E-state index contributed by atoms with van der Waals surface area (Å²) in [6.07, 6.45) is 4.35. The van der Waals surface area contributed by atoms with Crippen molar-refractivity contribution in [3.8, 4) is 0 Å². The van der Waals surface area contributed by atoms with Gasteiger partial charge in [-0.25, -0.2) is 4.98 Å². The Hall–Kier alpha value is -2.08. The molecule has 0 aliphatic carbocycles. The van der Waals surface area contributed by atoms with E-state index < -0.39 is 0 Å². The summed E-state index contributed by atoms with van der Waals surface area (Å²) >= 11 is 1.55. The minimum absolute atomic E-state index is 0.00285. The highest BCUT2D eigenvalue weighted by Crippen LogP contribution is 2.32. The Kier molecular flexibility index (Phi) is 6.37. The molecule has 1 amide bonds. The van der Waals surface area contributed by atoms with Crippen LogP contribution in [0.15, 0.2) is 34.2 Å². The smallest absolute Gasteiger partial charge is 0.257 e. The van der Waals surface area contributed by atoms with E-state index in [-0.39, 0.29) is 23.9 Å². The number of aromatic nitrogens is 2. The number of nitrogens with one attached hydrogen (secondary N) is 1. The highest BCUT2D eigenvalue weighted by Gasteiger charge is 2.29. The molecule has 1 aliphatic rings. The fraction of sp³-hybridized carbons (Fsp3) is 0.476. The molecule has 0 spiro atoms. The quantitative estimate of drug-likeness (QED) is 0.728. The number of hydrogen-bond donors (Lipinski definition) is 1. The minimum atomic E-state index is -0.139. The molecule has 1 aromatic carbocycles. The van der Waals surface area contributed by atoms with Gasteiger partial charge in [-0.3, -0.25) is 14.2 Å². The van der Waals surface area contributed by atoms with Crippen LogP contribution in [0.3, 0.4) is 0 Å². The predicted octanol–water partition coefficient (Wildman–Crippen LogP) is 4.13. The first kappa shape index (κ1) is 19.7. The van der Waals surface area contributed by atoms with Crippen molar-refractivity contribution in [1.29, 1.82) is 0 Å². The molecule has 2 heterocycles. The average Bonchev–Trinajstić information content (AvgIpc) is 3.04. The molecular weight excluding hydrogens is 358 g/mol. The van der Waals surface area contributed by atoms with Gasteiger partial charge in [0.1, 0.15) is 0 Å². The third kappa shape index (κ3) is 4.43. The zero-order valence-electron chi connectivity index (χ0n) is 16.2. The Morgan fingerprint density at radius 2 is 2.04 bits per heavy atom. The lowest BCUT2D eigenvalue weighted by Gasteiger charge is -2.15. The normalized spacial score (nSPS) is 15.6. The van der Waals surface area contributed by atoms with Crippen molar-refractivity contribution < 1.29 is 4.79 Å². The van der Waals surface area contributed by atoms with E-state index in [4.69, 9.17) is 0 Å². The van der Waals surface area contributed by atoms with E-state index in [9.17, 15) is 9.59 Å². The van der Waals surface area contributed by atoms with Gasteiger partial charge in [-0.2, -0.15) is 0 Å². The van der Waals surface area contributed by atoms with Crippen molar-refractivity contribution >= 4 is 23.4 Å². The lowest BCUT2D eigenvalue weighted by Crippen LogP contribution is -2.30. The van der Waals surface area contributed by atoms with E-state index >= 15 is 0 Å². The zero-order valence-corrected chi connectivity index (χ0v) is 17.1. The third-order valence-corrected chi connectivity index (χ3v) is 6.08. The van der Waals surface area contributed by atoms with Gasteiger partial charge in [0.15, 0.2) is 5.16 Å². The maximum atomic E-state index is 12.8. The minimum Gasteiger partial charge on any atom is -0.326 e. The molecule has 3 rings (SSSR count). The summed E-state index contributed by atoms with van der Waals surface area (Å²) in [7, 11) is 0. The summed E-state index contributed by atoms with van der Waals surface area (Å²) in [5.41, 5.74) is 3.64. The van der Waals surface area contributed by atoms with Gasteiger partial charge in [0.25, 0.3) is 5.56 Å². The van der Waals surface area contributed by atoms with Crippen LogP contribution >= 0.6 is 11.8 Å². The average molecular weight is 386 g/mol. The summed E-state index contributed by atoms with van der Waals surface area (Å²) in [4.78, 5) is 29.8. The fourth-order valence-electron chi connectivity index (χ4n) is 3.44. The molecule has 1 unspecified atom stereocenters. The number of unbranched alkanes of at least 4 members (excludes halogenated alkanes) is 1. The molecule has 1 atom stereocenters. The van der Waals surface area contributed by atoms with Crippen LogP contribution in [0.25, 0.3) is 0 Å². The molecule has 1 aromatic heterocycles. The van der Waals surface area contributed by atoms with Crippen LogP contribution in [0.5, 0.6) is 0 Å². The number of thioether (sulfide) groups is 1. The van der Waals surface area contributed by atoms with E-state index in [0.29, 0.717) is 12.2 Å². The lowest BCUT2D eigenvalue weighted by atomic mass is 10.1. The van der Waals surface area contributed by atoms with Crippen molar-refractivity contribution in [2.24, 2.45) is 0 Å². The molecular formula is C21H27N3O2S. The SMILES string of the molecule is CCCCc1ccc(NC(=O)CC2CSc3nc(C)c(CC)c(=O)n32)cc1. The number of amides is 1. The Balaban J connectivity index is 1.67. The Morgan fingerprint density at radius 1 is 1.30 bits per heavy atom. The van der Waals surface area contributed by atoms with Gasteiger partial charge in [0.2, 0.25) is 5.91 Å². The number of nitrogens with zero attached hydrogens (tertiary/aromatic N) is 2. The van der Waals surface area contributed by atoms with Crippen LogP contribution in [-0.2, 0) is 17.6 Å². The lowest BCUT2D eigenvalue weighted by molar-refractivity contribution is -0.116. The van der Waals surface area contributed by atoms with Gasteiger partial charge in [0, 0.05) is 29.1 Å². The number of rotatable bonds is 7. The largest absolute Gasteiger partial charge is 0.326 e. The molecule has 1 N–H and O–H groups in total. The van der Waals surface area contributed by atoms with Gasteiger partial charge in [-0.05, 0) is 43.9 Å². The van der Waals surface area contributed by atoms with Crippen LogP contribution in [-0.4, -0.2) is 21.2 Å². The Bertz CT molecular complexity index is 874. The first-order valence-electron chi connectivity index (χ1n) is 9.67. The van der Waals surface area contributed by atoms with Crippen molar-refractivity contribution in [2.75, 3.05) is 11.1 Å². The van der Waals surface area contributed by atoms with Crippen LogP contribution in [0.1, 0.15) is 56.0 Å². The van der Waals surface area contributed by atoms with Crippen LogP contribution in [0.2, 0.25) is 0 Å². The summed E-state index contributed by atoms with van der Waals surface area (Å²) in [5.74, 6) is 0.637. The molecule has 0 saturated heterocycles. The first-order valence-corrected chi connectivity index (χ1v) is 10.7. The second-order valence-electron chi connectivity index (χ2n) is 7.00. The molecule has 0 bridgehead atoms. The third-order valence-electron chi connectivity index (χ3n) is 4.98. The molecule has 0 fully saturated rings. The second kappa shape index (κ2) is 8.74. The second-order valence-corrected chi connectivity index (χ2v) is 7.99. The zero-order chi connectivity index (χ0) is 19.4. The number of carbonyl (C=O) groups is 1. The monoisotopic (exact) mass is 385 g/mol. The van der Waals surface area contributed by atoms with Gasteiger partial charge in [-0.1, -0.05) is 44.2 Å². The summed E-state index contributed by atoms with van der Waals surface area (Å²) in [6.45, 7) is 6.03. The summed E-state index contributed by atoms with van der Waals surface area (Å²) in [6, 6.07) is 7.90. The summed E-state index contributed by atoms with van der Waals surface area (Å²) in [5, 5.41) is 3.69. The van der Waals surface area contributed by atoms with E-state index in [2.05, 4.69) is 29.4 Å². The van der Waals surface area contributed by atoms with E-state index in [0.717, 1.165) is 28.5 Å². The van der Waals surface area contributed by atoms with Gasteiger partial charge in [0.05, 0.1) is 6.04 Å². The molecule has 5 nitrogen and oxygen atoms in total. The van der Waals surface area contributed by atoms with E-state index in [1.54, 1.807) is 16.3 Å². The van der Waals surface area contributed by atoms with Crippen molar-refractivity contribution in [3.05, 3.63) is 51.4 Å². The Labute approximate surface area is 164 Å². The predicted molar refractivity (Wildman–Crippen MR) is 111 cm³/mol. The fourth-order valence-corrected chi connectivity index (χ4v) is 4.62. The molecule has 0 saturated carbocycles. The van der Waals surface area contributed by atoms with Crippen molar-refractivity contribution in [3.63, 3.8) is 0 Å². The number of aryl methyl sites for hydroxylation is 2. The van der Waals surface area contributed by atoms with Gasteiger partial charge >= 0.3 is 0 Å². The number of carbonyl (C=O) groups excluding carboxylic acids is 1. The standard InChI is InChI=1S/C21H27N3O2S/c1-4-6-7-15-8-10-16(11-9-15)23-19(25)12-17-13-27-21-22-14(3)18(5-2)20(26)24(17)21/h8-11,17H,4-7,12-13H2,1-3H3,(H,23,25). The highest BCUT2D eigenvalue weighted by molar-refractivity contribution is 7.99. The van der Waals surface area contributed by atoms with Crippen LogP contribution in [0, 0.1) is 6.92 Å². The van der Waals surface area contributed by atoms with Crippen LogP contribution < -0.4 is 10.9 Å². The first-order chi connectivity index (χ1) is 13.0. The van der Waals surface area contributed by atoms with Gasteiger partial charge < -0.3 is 5.32 Å². The molecule has 6 heteroatoms.